The highest BCUT2D eigenvalue weighted by atomic mass is 32.2. The molecule has 0 bridgehead atoms. The second-order valence-electron chi connectivity index (χ2n) is 1.33. The number of nitrogens with one attached hydrogen (secondary N) is 1. The number of aromatic amines is 1. The van der Waals surface area contributed by atoms with E-state index in [0.29, 0.717) is 5.16 Å². The van der Waals surface area contributed by atoms with Gasteiger partial charge in [0.05, 0.1) is 0 Å². The number of hydrogen-bond acceptors (Lipinski definition) is 3. The fourth-order valence-corrected chi connectivity index (χ4v) is 0.677. The first kappa shape index (κ1) is 5.43. The van der Waals surface area contributed by atoms with Crippen molar-refractivity contribution in [2.24, 2.45) is 0 Å². The Morgan fingerprint density at radius 1 is 1.75 bits per heavy atom. The van der Waals surface area contributed by atoms with Crippen molar-refractivity contribution in [3.8, 4) is 0 Å². The van der Waals surface area contributed by atoms with Gasteiger partial charge in [-0.3, -0.25) is 0 Å². The van der Waals surface area contributed by atoms with E-state index in [1.54, 1.807) is 0 Å². The zero-order valence-electron chi connectivity index (χ0n) is 4.46. The van der Waals surface area contributed by atoms with Crippen LogP contribution in [0.25, 0.3) is 0 Å². The van der Waals surface area contributed by atoms with Gasteiger partial charge in [0.2, 0.25) is 5.16 Å². The number of H-pyrrole nitrogens is 1. The van der Waals surface area contributed by atoms with Gasteiger partial charge in [-0.15, -0.1) is 20.7 Å². The first-order valence-corrected chi connectivity index (χ1v) is 3.80. The van der Waals surface area contributed by atoms with Crippen molar-refractivity contribution < 1.29 is 0 Å². The maximum Gasteiger partial charge on any atom is 0.224 e. The number of aromatic nitrogens is 4. The third-order valence-corrected chi connectivity index (χ3v) is 1.43. The summed E-state index contributed by atoms with van der Waals surface area (Å²) >= 11 is 0. The van der Waals surface area contributed by atoms with Gasteiger partial charge >= 0.3 is 0 Å². The van der Waals surface area contributed by atoms with Gasteiger partial charge in [0.15, 0.2) is 0 Å². The van der Waals surface area contributed by atoms with Crippen LogP contribution in [0, 0.1) is 0 Å². The second-order valence-corrected chi connectivity index (χ2v) is 2.97. The van der Waals surface area contributed by atoms with Crippen molar-refractivity contribution in [1.29, 1.82) is 0 Å². The van der Waals surface area contributed by atoms with Crippen LogP contribution in [0.3, 0.4) is 0 Å². The SMILES string of the molecule is C=S(C)c1nn[nH]n1. The zero-order chi connectivity index (χ0) is 5.98. The lowest BCUT2D eigenvalue weighted by atomic mass is 11.4. The summed E-state index contributed by atoms with van der Waals surface area (Å²) in [5.41, 5.74) is 0. The first-order chi connectivity index (χ1) is 3.80. The highest BCUT2D eigenvalue weighted by Crippen LogP contribution is 2.10. The standard InChI is InChI=1S/C3H6N4S/c1-8(2)3-4-6-7-5-3/h1H2,2H3,(H,4,5,6,7). The van der Waals surface area contributed by atoms with Crippen LogP contribution in [-0.2, 0) is 0 Å². The molecule has 1 unspecified atom stereocenters. The maximum atomic E-state index is 3.72. The third kappa shape index (κ3) is 0.919. The molecule has 0 aliphatic heterocycles. The molecule has 1 rings (SSSR count). The Labute approximate surface area is 49.2 Å². The van der Waals surface area contributed by atoms with E-state index in [9.17, 15) is 0 Å². The maximum absolute atomic E-state index is 3.72. The number of tetrazole rings is 1. The molecule has 4 nitrogen and oxygen atoms in total. The van der Waals surface area contributed by atoms with Gasteiger partial charge in [0.25, 0.3) is 0 Å². The molecule has 0 saturated carbocycles. The lowest BCUT2D eigenvalue weighted by Crippen LogP contribution is -1.73. The molecular formula is C3H6N4S. The molecule has 0 aliphatic carbocycles. The summed E-state index contributed by atoms with van der Waals surface area (Å²) in [4.78, 5) is 0. The molecule has 1 aromatic heterocycles. The Hall–Kier alpha value is -0.710. The fourth-order valence-electron chi connectivity index (χ4n) is 0.300. The summed E-state index contributed by atoms with van der Waals surface area (Å²) in [6, 6.07) is 0. The third-order valence-electron chi connectivity index (χ3n) is 0.638. The summed E-state index contributed by atoms with van der Waals surface area (Å²) in [5.74, 6) is 3.72. The molecule has 0 radical (unpaired) electrons. The Morgan fingerprint density at radius 3 is 2.75 bits per heavy atom. The minimum atomic E-state index is -0.114. The molecule has 0 amide bonds. The minimum absolute atomic E-state index is 0.114. The van der Waals surface area contributed by atoms with Crippen molar-refractivity contribution in [2.45, 2.75) is 5.16 Å². The molecule has 0 spiro atoms. The van der Waals surface area contributed by atoms with E-state index in [2.05, 4.69) is 26.5 Å². The molecule has 0 aliphatic rings. The average Bonchev–Trinajstić information content (AvgIpc) is 2.12. The summed E-state index contributed by atoms with van der Waals surface area (Å²) in [7, 11) is -0.114. The Balaban J connectivity index is 2.93. The number of nitrogens with zero attached hydrogens (tertiary/aromatic N) is 3. The predicted octanol–water partition coefficient (Wildman–Crippen LogP) is -0.111. The van der Waals surface area contributed by atoms with Gasteiger partial charge in [0.1, 0.15) is 0 Å². The van der Waals surface area contributed by atoms with Gasteiger partial charge in [-0.25, -0.2) is 0 Å². The van der Waals surface area contributed by atoms with Crippen molar-refractivity contribution >= 4 is 16.4 Å². The quantitative estimate of drug-likeness (QED) is 0.539. The van der Waals surface area contributed by atoms with Crippen molar-refractivity contribution in [3.05, 3.63) is 0 Å². The smallest absolute Gasteiger partial charge is 0.176 e. The van der Waals surface area contributed by atoms with E-state index in [0.717, 1.165) is 0 Å². The molecule has 0 fully saturated rings. The molecule has 1 aromatic rings. The molecule has 0 saturated heterocycles. The number of hydrogen-bond donors (Lipinski definition) is 1. The van der Waals surface area contributed by atoms with Crippen molar-refractivity contribution in [1.82, 2.24) is 20.6 Å². The minimum Gasteiger partial charge on any atom is -0.176 e. The molecule has 1 atom stereocenters. The van der Waals surface area contributed by atoms with Gasteiger partial charge in [-0.2, -0.15) is 5.21 Å². The number of rotatable bonds is 1. The van der Waals surface area contributed by atoms with E-state index < -0.39 is 0 Å². The Bertz CT molecular complexity index is 179. The lowest BCUT2D eigenvalue weighted by molar-refractivity contribution is 0.881. The average molecular weight is 130 g/mol. The monoisotopic (exact) mass is 130 g/mol. The van der Waals surface area contributed by atoms with Crippen LogP contribution in [0.2, 0.25) is 0 Å². The van der Waals surface area contributed by atoms with Gasteiger partial charge < -0.3 is 0 Å². The Kier molecular flexibility index (Phi) is 1.38. The zero-order valence-corrected chi connectivity index (χ0v) is 5.27. The largest absolute Gasteiger partial charge is 0.224 e. The van der Waals surface area contributed by atoms with Crippen LogP contribution >= 0.6 is 10.5 Å². The van der Waals surface area contributed by atoms with E-state index in [1.165, 1.54) is 0 Å². The molecule has 44 valence electrons. The molecule has 1 N–H and O–H groups in total. The van der Waals surface area contributed by atoms with E-state index >= 15 is 0 Å². The van der Waals surface area contributed by atoms with Gasteiger partial charge in [-0.05, 0) is 11.5 Å². The van der Waals surface area contributed by atoms with E-state index in [4.69, 9.17) is 0 Å². The molecule has 1 heterocycles. The lowest BCUT2D eigenvalue weighted by Gasteiger charge is -1.83. The highest BCUT2D eigenvalue weighted by molar-refractivity contribution is 8.13. The van der Waals surface area contributed by atoms with Crippen LogP contribution in [0.4, 0.5) is 0 Å². The van der Waals surface area contributed by atoms with Crippen LogP contribution in [0.1, 0.15) is 0 Å². The van der Waals surface area contributed by atoms with E-state index in [1.807, 2.05) is 6.26 Å². The predicted molar refractivity (Wildman–Crippen MR) is 33.1 cm³/mol. The summed E-state index contributed by atoms with van der Waals surface area (Å²) in [5, 5.41) is 13.8. The highest BCUT2D eigenvalue weighted by Gasteiger charge is 1.92. The molecular weight excluding hydrogens is 124 g/mol. The van der Waals surface area contributed by atoms with Crippen LogP contribution in [0.5, 0.6) is 0 Å². The Morgan fingerprint density at radius 2 is 2.50 bits per heavy atom. The first-order valence-electron chi connectivity index (χ1n) is 2.00. The summed E-state index contributed by atoms with van der Waals surface area (Å²) < 4.78 is 0. The van der Waals surface area contributed by atoms with Gasteiger partial charge in [0, 0.05) is 0 Å². The van der Waals surface area contributed by atoms with Crippen molar-refractivity contribution in [3.63, 3.8) is 0 Å². The normalized spacial score (nSPS) is 13.6. The fraction of sp³-hybridized carbons (Fsp3) is 0.333. The second kappa shape index (κ2) is 2.04. The van der Waals surface area contributed by atoms with Crippen LogP contribution in [0.15, 0.2) is 5.16 Å². The van der Waals surface area contributed by atoms with Crippen LogP contribution < -0.4 is 0 Å². The van der Waals surface area contributed by atoms with E-state index in [-0.39, 0.29) is 10.5 Å². The molecule has 8 heavy (non-hydrogen) atoms. The topological polar surface area (TPSA) is 54.5 Å². The molecule has 5 heteroatoms. The van der Waals surface area contributed by atoms with Crippen molar-refractivity contribution in [2.75, 3.05) is 6.26 Å². The van der Waals surface area contributed by atoms with Gasteiger partial charge in [-0.1, -0.05) is 5.87 Å². The summed E-state index contributed by atoms with van der Waals surface area (Å²) in [6.07, 6.45) is 1.94. The van der Waals surface area contributed by atoms with Crippen LogP contribution in [-0.4, -0.2) is 32.8 Å². The summed E-state index contributed by atoms with van der Waals surface area (Å²) in [6.45, 7) is 0. The molecule has 0 aromatic carbocycles.